The Morgan fingerprint density at radius 1 is 1.27 bits per heavy atom. The molecule has 0 spiro atoms. The fourth-order valence-electron chi connectivity index (χ4n) is 5.40. The largest absolute Gasteiger partial charge is 0.490 e. The van der Waals surface area contributed by atoms with Gasteiger partial charge in [0.1, 0.15) is 11.9 Å². The molecule has 4 rings (SSSR count). The third kappa shape index (κ3) is 5.89. The lowest BCUT2D eigenvalue weighted by Gasteiger charge is -2.43. The molecular weight excluding hydrogens is 491 g/mol. The lowest BCUT2D eigenvalue weighted by Crippen LogP contribution is -2.48. The highest BCUT2D eigenvalue weighted by Crippen LogP contribution is 2.48. The number of ether oxygens (including phenoxy) is 2. The Bertz CT molecular complexity index is 1110. The highest BCUT2D eigenvalue weighted by atomic mass is 28.4. The lowest BCUT2D eigenvalue weighted by atomic mass is 9.86. The maximum atomic E-state index is 15.9. The van der Waals surface area contributed by atoms with Crippen LogP contribution in [0.3, 0.4) is 0 Å². The molecule has 2 aliphatic heterocycles. The second kappa shape index (κ2) is 11.3. The molecule has 1 saturated heterocycles. The number of fused-ring (bicyclic) bond motifs is 1. The molecule has 1 fully saturated rings. The Morgan fingerprint density at radius 3 is 2.57 bits per heavy atom. The quantitative estimate of drug-likeness (QED) is 0.280. The van der Waals surface area contributed by atoms with Gasteiger partial charge in [0.25, 0.3) is 0 Å². The minimum absolute atomic E-state index is 0.0102. The number of hydrogen-bond donors (Lipinski definition) is 1. The summed E-state index contributed by atoms with van der Waals surface area (Å²) in [7, 11) is -1.76. The fourth-order valence-corrected chi connectivity index (χ4v) is 7.22. The van der Waals surface area contributed by atoms with E-state index in [0.29, 0.717) is 25.3 Å². The molecule has 2 amide bonds. The number of aliphatic hydroxyl groups excluding tert-OH is 1. The topological polar surface area (TPSA) is 79.3 Å². The zero-order valence-electron chi connectivity index (χ0n) is 22.0. The van der Waals surface area contributed by atoms with Gasteiger partial charge in [0.2, 0.25) is 20.2 Å². The van der Waals surface area contributed by atoms with Crippen molar-refractivity contribution in [2.75, 3.05) is 31.7 Å². The number of carbonyl (C=O) groups is 2. The van der Waals surface area contributed by atoms with Crippen molar-refractivity contribution >= 4 is 25.9 Å². The van der Waals surface area contributed by atoms with Crippen LogP contribution in [0.4, 0.5) is 9.80 Å². The Balaban J connectivity index is 1.59. The Labute approximate surface area is 219 Å². The van der Waals surface area contributed by atoms with Gasteiger partial charge >= 0.3 is 0 Å². The molecule has 1 N–H and O–H groups in total. The van der Waals surface area contributed by atoms with E-state index in [-0.39, 0.29) is 43.4 Å². The van der Waals surface area contributed by atoms with Crippen LogP contribution in [0.1, 0.15) is 37.0 Å². The molecule has 2 heterocycles. The van der Waals surface area contributed by atoms with Crippen LogP contribution in [0.5, 0.6) is 5.75 Å². The first-order valence-corrected chi connectivity index (χ1v) is 15.8. The minimum atomic E-state index is -3.38. The summed E-state index contributed by atoms with van der Waals surface area (Å²) in [5.74, 6) is 0.256. The second-order valence-electron chi connectivity index (χ2n) is 10.5. The summed E-state index contributed by atoms with van der Waals surface area (Å²) in [5.41, 5.74) is 1.97. The fraction of sp³-hybridized carbons (Fsp3) is 0.500. The van der Waals surface area contributed by atoms with E-state index >= 15 is 4.11 Å². The molecule has 4 atom stereocenters. The van der Waals surface area contributed by atoms with Gasteiger partial charge in [-0.15, -0.1) is 0 Å². The monoisotopic (exact) mass is 528 g/mol. The van der Waals surface area contributed by atoms with Crippen molar-refractivity contribution in [3.63, 3.8) is 0 Å². The van der Waals surface area contributed by atoms with Crippen molar-refractivity contribution in [2.45, 2.75) is 57.2 Å². The first-order chi connectivity index (χ1) is 17.6. The van der Waals surface area contributed by atoms with E-state index < -0.39 is 20.1 Å². The predicted molar refractivity (Wildman–Crippen MR) is 143 cm³/mol. The molecule has 9 heteroatoms. The van der Waals surface area contributed by atoms with E-state index in [1.54, 1.807) is 30.0 Å². The molecule has 2 aromatic carbocycles. The SMILES string of the molecule is CO[C@@H]1c2cc(N3CCC3=O)ccc2O[C@H](C(CC(=O)N(CCO)Cc2ccccc2)[Si](C)(C)F)[C@H]1C. The molecule has 0 radical (unpaired) electrons. The van der Waals surface area contributed by atoms with Gasteiger partial charge in [0, 0.05) is 62.3 Å². The van der Waals surface area contributed by atoms with Gasteiger partial charge in [0.15, 0.2) is 0 Å². The van der Waals surface area contributed by atoms with Crippen LogP contribution in [-0.2, 0) is 20.9 Å². The van der Waals surface area contributed by atoms with Crippen LogP contribution in [-0.4, -0.2) is 63.1 Å². The van der Waals surface area contributed by atoms with Crippen LogP contribution in [0, 0.1) is 5.92 Å². The molecular formula is C28H37FN2O5Si. The molecule has 2 aliphatic rings. The number of anilines is 1. The third-order valence-corrected chi connectivity index (χ3v) is 9.88. The summed E-state index contributed by atoms with van der Waals surface area (Å²) in [4.78, 5) is 28.8. The van der Waals surface area contributed by atoms with E-state index in [1.807, 2.05) is 55.5 Å². The number of β-lactam (4-membered cyclic amide) rings is 1. The van der Waals surface area contributed by atoms with Crippen molar-refractivity contribution in [3.8, 4) is 5.75 Å². The summed E-state index contributed by atoms with van der Waals surface area (Å²) in [6, 6.07) is 15.2. The lowest BCUT2D eigenvalue weighted by molar-refractivity contribution is -0.133. The maximum Gasteiger partial charge on any atom is 0.248 e. The van der Waals surface area contributed by atoms with Gasteiger partial charge < -0.3 is 28.5 Å². The molecule has 0 saturated carbocycles. The summed E-state index contributed by atoms with van der Waals surface area (Å²) < 4.78 is 28.2. The molecule has 1 unspecified atom stereocenters. The van der Waals surface area contributed by atoms with Crippen molar-refractivity contribution in [1.29, 1.82) is 0 Å². The van der Waals surface area contributed by atoms with Crippen molar-refractivity contribution in [3.05, 3.63) is 59.7 Å². The summed E-state index contributed by atoms with van der Waals surface area (Å²) >= 11 is 0. The van der Waals surface area contributed by atoms with Gasteiger partial charge in [-0.1, -0.05) is 37.3 Å². The number of aliphatic hydroxyl groups is 1. The number of methoxy groups -OCH3 is 1. The standard InChI is InChI=1S/C28H37FN2O5Si/c1-19-27(35-2)22-16-21(31-13-12-25(31)33)10-11-23(22)36-28(19)24(37(3,4)29)17-26(34)30(14-15-32)18-20-8-6-5-7-9-20/h5-11,16,19,24,27-28,32H,12-15,17-18H2,1-4H3/t19-,24?,27-,28-/m0/s1. The molecule has 0 aliphatic carbocycles. The van der Waals surface area contributed by atoms with Gasteiger partial charge in [-0.3, -0.25) is 9.59 Å². The van der Waals surface area contributed by atoms with E-state index in [2.05, 4.69) is 0 Å². The number of halogens is 1. The molecule has 0 bridgehead atoms. The summed E-state index contributed by atoms with van der Waals surface area (Å²) in [6.45, 7) is 6.25. The number of amides is 2. The first-order valence-electron chi connectivity index (χ1n) is 12.9. The summed E-state index contributed by atoms with van der Waals surface area (Å²) in [6.07, 6.45) is -0.387. The van der Waals surface area contributed by atoms with Gasteiger partial charge in [0.05, 0.1) is 12.7 Å². The second-order valence-corrected chi connectivity index (χ2v) is 14.4. The molecule has 0 aromatic heterocycles. The van der Waals surface area contributed by atoms with E-state index in [1.165, 1.54) is 0 Å². The summed E-state index contributed by atoms with van der Waals surface area (Å²) in [5, 5.41) is 9.60. The van der Waals surface area contributed by atoms with Crippen molar-refractivity contribution in [2.24, 2.45) is 5.92 Å². The van der Waals surface area contributed by atoms with Gasteiger partial charge in [-0.05, 0) is 36.9 Å². The smallest absolute Gasteiger partial charge is 0.248 e. The van der Waals surface area contributed by atoms with Crippen LogP contribution < -0.4 is 9.64 Å². The third-order valence-electron chi connectivity index (χ3n) is 7.59. The number of nitrogens with zero attached hydrogens (tertiary/aromatic N) is 2. The number of carbonyl (C=O) groups excluding carboxylic acids is 2. The van der Waals surface area contributed by atoms with Crippen molar-refractivity contribution < 1.29 is 28.3 Å². The van der Waals surface area contributed by atoms with Crippen LogP contribution in [0.2, 0.25) is 18.6 Å². The molecule has 2 aromatic rings. The van der Waals surface area contributed by atoms with E-state index in [9.17, 15) is 14.7 Å². The Hall–Kier alpha value is -2.75. The molecule has 37 heavy (non-hydrogen) atoms. The van der Waals surface area contributed by atoms with Gasteiger partial charge in [-0.2, -0.15) is 0 Å². The number of rotatable bonds is 10. The Morgan fingerprint density at radius 2 is 2.00 bits per heavy atom. The van der Waals surface area contributed by atoms with Crippen LogP contribution in [0.25, 0.3) is 0 Å². The number of benzene rings is 2. The highest BCUT2D eigenvalue weighted by Gasteiger charge is 2.48. The zero-order valence-corrected chi connectivity index (χ0v) is 23.0. The minimum Gasteiger partial charge on any atom is -0.490 e. The zero-order chi connectivity index (χ0) is 26.7. The maximum absolute atomic E-state index is 15.9. The molecule has 7 nitrogen and oxygen atoms in total. The molecule has 200 valence electrons. The van der Waals surface area contributed by atoms with E-state index in [0.717, 1.165) is 16.8 Å². The van der Waals surface area contributed by atoms with E-state index in [4.69, 9.17) is 9.47 Å². The predicted octanol–water partition coefficient (Wildman–Crippen LogP) is 4.46. The van der Waals surface area contributed by atoms with Gasteiger partial charge in [-0.25, -0.2) is 0 Å². The van der Waals surface area contributed by atoms with Crippen LogP contribution >= 0.6 is 0 Å². The van der Waals surface area contributed by atoms with Crippen molar-refractivity contribution in [1.82, 2.24) is 4.90 Å². The average molecular weight is 529 g/mol. The normalized spacial score (nSPS) is 22.1. The number of hydrogen-bond acceptors (Lipinski definition) is 5. The first kappa shape index (κ1) is 27.3. The highest BCUT2D eigenvalue weighted by molar-refractivity contribution is 6.72. The Kier molecular flexibility index (Phi) is 8.35. The average Bonchev–Trinajstić information content (AvgIpc) is 2.86. The van der Waals surface area contributed by atoms with Crippen LogP contribution in [0.15, 0.2) is 48.5 Å².